The summed E-state index contributed by atoms with van der Waals surface area (Å²) in [7, 11) is 1.53. The summed E-state index contributed by atoms with van der Waals surface area (Å²) in [5.74, 6) is -1.85. The molecule has 1 aromatic heterocycles. The molecule has 1 amide bonds. The molecular formula is C17H15F2N5O2S. The Bertz CT molecular complexity index is 959. The smallest absolute Gasteiger partial charge is 0.235 e. The quantitative estimate of drug-likeness (QED) is 0.651. The zero-order valence-corrected chi connectivity index (χ0v) is 15.3. The van der Waals surface area contributed by atoms with Gasteiger partial charge in [-0.3, -0.25) is 4.79 Å². The third kappa shape index (κ3) is 4.22. The third-order valence-corrected chi connectivity index (χ3v) is 4.48. The molecule has 3 aromatic rings. The van der Waals surface area contributed by atoms with E-state index in [2.05, 4.69) is 20.8 Å². The van der Waals surface area contributed by atoms with Crippen molar-refractivity contribution in [3.63, 3.8) is 0 Å². The second-order valence-electron chi connectivity index (χ2n) is 5.48. The molecule has 0 saturated heterocycles. The number of nitrogens with zero attached hydrogens (tertiary/aromatic N) is 4. The Hall–Kier alpha value is -3.01. The number of hydrogen-bond donors (Lipinski definition) is 1. The molecule has 10 heteroatoms. The summed E-state index contributed by atoms with van der Waals surface area (Å²) in [4.78, 5) is 12.1. The van der Waals surface area contributed by atoms with E-state index in [1.54, 1.807) is 6.07 Å². The highest BCUT2D eigenvalue weighted by Gasteiger charge is 2.17. The summed E-state index contributed by atoms with van der Waals surface area (Å²) >= 11 is 1.03. The van der Waals surface area contributed by atoms with Crippen molar-refractivity contribution in [3.8, 4) is 11.4 Å². The predicted octanol–water partition coefficient (Wildman–Crippen LogP) is 2.99. The van der Waals surface area contributed by atoms with Crippen molar-refractivity contribution in [2.24, 2.45) is 0 Å². The van der Waals surface area contributed by atoms with E-state index in [0.717, 1.165) is 29.5 Å². The topological polar surface area (TPSA) is 81.9 Å². The zero-order chi connectivity index (χ0) is 19.4. The van der Waals surface area contributed by atoms with Crippen LogP contribution in [0, 0.1) is 18.6 Å². The molecule has 2 aromatic carbocycles. The fourth-order valence-corrected chi connectivity index (χ4v) is 2.99. The first kappa shape index (κ1) is 18.8. The molecule has 1 heterocycles. The lowest BCUT2D eigenvalue weighted by atomic mass is 10.2. The molecule has 0 aliphatic rings. The average molecular weight is 391 g/mol. The molecule has 3 rings (SSSR count). The number of tetrazole rings is 1. The number of anilines is 1. The Labute approximate surface area is 157 Å². The van der Waals surface area contributed by atoms with Gasteiger partial charge < -0.3 is 10.1 Å². The lowest BCUT2D eigenvalue weighted by Crippen LogP contribution is -2.16. The van der Waals surface area contributed by atoms with E-state index in [1.165, 1.54) is 17.9 Å². The van der Waals surface area contributed by atoms with Crippen molar-refractivity contribution >= 4 is 23.4 Å². The van der Waals surface area contributed by atoms with Gasteiger partial charge in [0.25, 0.3) is 0 Å². The fraction of sp³-hybridized carbons (Fsp3) is 0.176. The number of hydrogen-bond acceptors (Lipinski definition) is 6. The minimum absolute atomic E-state index is 0.137. The number of amides is 1. The van der Waals surface area contributed by atoms with Crippen molar-refractivity contribution in [3.05, 3.63) is 53.6 Å². The van der Waals surface area contributed by atoms with E-state index in [0.29, 0.717) is 16.6 Å². The first-order valence-electron chi connectivity index (χ1n) is 7.79. The standard InChI is InChI=1S/C17H15F2N5O2S/c1-10-6-7-14(26-2)13(8-10)24-17(21-22-23-24)27-9-15(25)20-16-11(18)4-3-5-12(16)19/h3-8H,9H2,1-2H3,(H,20,25). The second kappa shape index (κ2) is 8.12. The molecule has 0 atom stereocenters. The first-order chi connectivity index (χ1) is 13.0. The first-order valence-corrected chi connectivity index (χ1v) is 8.78. The van der Waals surface area contributed by atoms with Crippen LogP contribution in [0.5, 0.6) is 5.75 Å². The van der Waals surface area contributed by atoms with Gasteiger partial charge in [-0.15, -0.1) is 5.10 Å². The van der Waals surface area contributed by atoms with Crippen molar-refractivity contribution in [2.75, 3.05) is 18.2 Å². The molecule has 0 aliphatic carbocycles. The number of aromatic nitrogens is 4. The predicted molar refractivity (Wildman–Crippen MR) is 96.2 cm³/mol. The van der Waals surface area contributed by atoms with Crippen LogP contribution in [0.25, 0.3) is 5.69 Å². The van der Waals surface area contributed by atoms with Gasteiger partial charge in [0, 0.05) is 0 Å². The Kier molecular flexibility index (Phi) is 5.65. The molecule has 140 valence electrons. The molecule has 0 aliphatic heterocycles. The van der Waals surface area contributed by atoms with Crippen LogP contribution in [0.4, 0.5) is 14.5 Å². The minimum atomic E-state index is -0.845. The monoisotopic (exact) mass is 391 g/mol. The highest BCUT2D eigenvalue weighted by molar-refractivity contribution is 7.99. The van der Waals surface area contributed by atoms with Crippen molar-refractivity contribution < 1.29 is 18.3 Å². The summed E-state index contributed by atoms with van der Waals surface area (Å²) in [6.07, 6.45) is 0. The molecule has 0 radical (unpaired) electrons. The normalized spacial score (nSPS) is 10.7. The molecule has 0 unspecified atom stereocenters. The Morgan fingerprint density at radius 1 is 1.26 bits per heavy atom. The van der Waals surface area contributed by atoms with Crippen LogP contribution in [0.1, 0.15) is 5.56 Å². The number of ether oxygens (including phenoxy) is 1. The van der Waals surface area contributed by atoms with E-state index in [1.807, 2.05) is 19.1 Å². The van der Waals surface area contributed by atoms with Gasteiger partial charge in [0.2, 0.25) is 11.1 Å². The molecule has 0 bridgehead atoms. The third-order valence-electron chi connectivity index (χ3n) is 3.56. The van der Waals surface area contributed by atoms with Gasteiger partial charge in [-0.25, -0.2) is 8.78 Å². The molecule has 27 heavy (non-hydrogen) atoms. The van der Waals surface area contributed by atoms with Gasteiger partial charge in [0.15, 0.2) is 0 Å². The average Bonchev–Trinajstić information content (AvgIpc) is 3.11. The van der Waals surface area contributed by atoms with E-state index in [9.17, 15) is 13.6 Å². The van der Waals surface area contributed by atoms with Gasteiger partial charge in [-0.1, -0.05) is 23.9 Å². The van der Waals surface area contributed by atoms with Gasteiger partial charge in [0.1, 0.15) is 28.8 Å². The molecular weight excluding hydrogens is 376 g/mol. The number of carbonyl (C=O) groups excluding carboxylic acids is 1. The number of halogens is 2. The number of rotatable bonds is 6. The summed E-state index contributed by atoms with van der Waals surface area (Å²) in [5, 5.41) is 14.0. The molecule has 0 fully saturated rings. The second-order valence-corrected chi connectivity index (χ2v) is 6.42. The van der Waals surface area contributed by atoms with Gasteiger partial charge in [-0.05, 0) is 47.2 Å². The van der Waals surface area contributed by atoms with Gasteiger partial charge in [0.05, 0.1) is 12.9 Å². The highest BCUT2D eigenvalue weighted by Crippen LogP contribution is 2.27. The van der Waals surface area contributed by atoms with Crippen molar-refractivity contribution in [1.29, 1.82) is 0 Å². The maximum atomic E-state index is 13.6. The molecule has 0 saturated carbocycles. The van der Waals surface area contributed by atoms with E-state index >= 15 is 0 Å². The molecule has 0 spiro atoms. The number of carbonyl (C=O) groups is 1. The van der Waals surface area contributed by atoms with Crippen molar-refractivity contribution in [1.82, 2.24) is 20.2 Å². The number of thioether (sulfide) groups is 1. The van der Waals surface area contributed by atoms with E-state index < -0.39 is 23.2 Å². The summed E-state index contributed by atoms with van der Waals surface area (Å²) < 4.78 is 34.0. The Morgan fingerprint density at radius 2 is 2.00 bits per heavy atom. The SMILES string of the molecule is COc1ccc(C)cc1-n1nnnc1SCC(=O)Nc1c(F)cccc1F. The van der Waals surface area contributed by atoms with Crippen LogP contribution in [0.15, 0.2) is 41.6 Å². The molecule has 1 N–H and O–H groups in total. The zero-order valence-electron chi connectivity index (χ0n) is 14.4. The number of nitrogens with one attached hydrogen (secondary N) is 1. The van der Waals surface area contributed by atoms with Crippen molar-refractivity contribution in [2.45, 2.75) is 12.1 Å². The van der Waals surface area contributed by atoms with E-state index in [4.69, 9.17) is 4.74 Å². The van der Waals surface area contributed by atoms with Gasteiger partial charge in [-0.2, -0.15) is 4.68 Å². The summed E-state index contributed by atoms with van der Waals surface area (Å²) in [6.45, 7) is 1.91. The minimum Gasteiger partial charge on any atom is -0.494 e. The van der Waals surface area contributed by atoms with Gasteiger partial charge >= 0.3 is 0 Å². The summed E-state index contributed by atoms with van der Waals surface area (Å²) in [6, 6.07) is 8.86. The Morgan fingerprint density at radius 3 is 2.70 bits per heavy atom. The highest BCUT2D eigenvalue weighted by atomic mass is 32.2. The lowest BCUT2D eigenvalue weighted by Gasteiger charge is -2.10. The van der Waals surface area contributed by atoms with Crippen LogP contribution in [0.2, 0.25) is 0 Å². The maximum absolute atomic E-state index is 13.6. The largest absolute Gasteiger partial charge is 0.494 e. The number of para-hydroxylation sites is 1. The van der Waals surface area contributed by atoms with Crippen LogP contribution in [-0.4, -0.2) is 39.0 Å². The number of benzene rings is 2. The van der Waals surface area contributed by atoms with E-state index in [-0.39, 0.29) is 5.75 Å². The van der Waals surface area contributed by atoms with Crippen LogP contribution in [-0.2, 0) is 4.79 Å². The van der Waals surface area contributed by atoms with Crippen LogP contribution >= 0.6 is 11.8 Å². The number of methoxy groups -OCH3 is 1. The van der Waals surface area contributed by atoms with Crippen LogP contribution in [0.3, 0.4) is 0 Å². The Balaban J connectivity index is 1.74. The lowest BCUT2D eigenvalue weighted by molar-refractivity contribution is -0.113. The fourth-order valence-electron chi connectivity index (χ4n) is 2.31. The number of aryl methyl sites for hydroxylation is 1. The van der Waals surface area contributed by atoms with Crippen LogP contribution < -0.4 is 10.1 Å². The maximum Gasteiger partial charge on any atom is 0.235 e. The molecule has 7 nitrogen and oxygen atoms in total. The summed E-state index contributed by atoms with van der Waals surface area (Å²) in [5.41, 5.74) is 1.11.